The number of hydrogen-bond acceptors (Lipinski definition) is 5. The molecule has 2 aliphatic heterocycles. The van der Waals surface area contributed by atoms with E-state index in [4.69, 9.17) is 4.74 Å². The van der Waals surface area contributed by atoms with Gasteiger partial charge in [0.25, 0.3) is 5.91 Å². The van der Waals surface area contributed by atoms with E-state index in [0.717, 1.165) is 28.8 Å². The molecule has 0 unspecified atom stereocenters. The molecule has 0 bridgehead atoms. The number of ether oxygens (including phenoxy) is 1. The molecule has 0 radical (unpaired) electrons. The summed E-state index contributed by atoms with van der Waals surface area (Å²) in [5.41, 5.74) is 4.29. The van der Waals surface area contributed by atoms with E-state index in [1.54, 1.807) is 11.8 Å². The predicted molar refractivity (Wildman–Crippen MR) is 132 cm³/mol. The van der Waals surface area contributed by atoms with Crippen LogP contribution in [0.5, 0.6) is 0 Å². The van der Waals surface area contributed by atoms with Crippen LogP contribution in [0.4, 0.5) is 5.69 Å². The minimum absolute atomic E-state index is 0.117. The minimum atomic E-state index is -3.70. The summed E-state index contributed by atoms with van der Waals surface area (Å²) in [6, 6.07) is 21.2. The van der Waals surface area contributed by atoms with Gasteiger partial charge in [0.2, 0.25) is 10.0 Å². The number of fused-ring (bicyclic) bond motifs is 2. The Balaban J connectivity index is 1.25. The zero-order chi connectivity index (χ0) is 24.6. The highest BCUT2D eigenvalue weighted by molar-refractivity contribution is 7.89. The number of anilines is 1. The summed E-state index contributed by atoms with van der Waals surface area (Å²) < 4.78 is 33.2. The van der Waals surface area contributed by atoms with Gasteiger partial charge >= 0.3 is 5.97 Å². The van der Waals surface area contributed by atoms with E-state index >= 15 is 0 Å². The fourth-order valence-electron chi connectivity index (χ4n) is 4.65. The first-order valence-corrected chi connectivity index (χ1v) is 13.1. The summed E-state index contributed by atoms with van der Waals surface area (Å²) in [6.07, 6.45) is 0.458. The second-order valence-corrected chi connectivity index (χ2v) is 10.7. The van der Waals surface area contributed by atoms with Crippen molar-refractivity contribution in [3.05, 3.63) is 95.1 Å². The third kappa shape index (κ3) is 4.47. The summed E-state index contributed by atoms with van der Waals surface area (Å²) in [4.78, 5) is 27.3. The van der Waals surface area contributed by atoms with Crippen molar-refractivity contribution in [3.63, 3.8) is 0 Å². The second-order valence-electron chi connectivity index (χ2n) is 8.80. The van der Waals surface area contributed by atoms with Crippen molar-refractivity contribution < 1.29 is 22.7 Å². The van der Waals surface area contributed by atoms with E-state index in [-0.39, 0.29) is 16.4 Å². The molecule has 3 aromatic rings. The molecule has 35 heavy (non-hydrogen) atoms. The van der Waals surface area contributed by atoms with Crippen molar-refractivity contribution in [2.45, 2.75) is 37.3 Å². The van der Waals surface area contributed by atoms with Crippen LogP contribution in [-0.4, -0.2) is 43.8 Å². The van der Waals surface area contributed by atoms with Crippen molar-refractivity contribution in [1.82, 2.24) is 4.31 Å². The monoisotopic (exact) mass is 490 g/mol. The van der Waals surface area contributed by atoms with Crippen LogP contribution >= 0.6 is 0 Å². The maximum Gasteiger partial charge on any atom is 0.338 e. The molecular weight excluding hydrogens is 464 g/mol. The zero-order valence-electron chi connectivity index (χ0n) is 19.4. The van der Waals surface area contributed by atoms with Gasteiger partial charge in [0.05, 0.1) is 10.5 Å². The Morgan fingerprint density at radius 3 is 2.20 bits per heavy atom. The summed E-state index contributed by atoms with van der Waals surface area (Å²) >= 11 is 0. The number of nitrogens with zero attached hydrogens (tertiary/aromatic N) is 2. The van der Waals surface area contributed by atoms with Gasteiger partial charge in [0, 0.05) is 25.3 Å². The van der Waals surface area contributed by atoms with Gasteiger partial charge in [-0.05, 0) is 66.8 Å². The van der Waals surface area contributed by atoms with Crippen LogP contribution in [0.15, 0.2) is 77.7 Å². The molecule has 1 amide bonds. The molecule has 180 valence electrons. The first kappa shape index (κ1) is 23.3. The molecule has 0 fully saturated rings. The maximum absolute atomic E-state index is 13.2. The highest BCUT2D eigenvalue weighted by Gasteiger charge is 2.31. The molecule has 5 rings (SSSR count). The number of para-hydroxylation sites is 1. The molecule has 7 nitrogen and oxygen atoms in total. The Bertz CT molecular complexity index is 1380. The number of carbonyl (C=O) groups is 2. The van der Waals surface area contributed by atoms with Crippen molar-refractivity contribution in [2.75, 3.05) is 18.0 Å². The lowest BCUT2D eigenvalue weighted by atomic mass is 10.0. The molecule has 8 heteroatoms. The van der Waals surface area contributed by atoms with E-state index in [1.807, 2.05) is 48.5 Å². The lowest BCUT2D eigenvalue weighted by Gasteiger charge is -2.28. The predicted octanol–water partition coefficient (Wildman–Crippen LogP) is 3.57. The van der Waals surface area contributed by atoms with Crippen molar-refractivity contribution >= 4 is 27.6 Å². The largest absolute Gasteiger partial charge is 0.449 e. The van der Waals surface area contributed by atoms with Crippen molar-refractivity contribution in [1.29, 1.82) is 0 Å². The van der Waals surface area contributed by atoms with E-state index in [0.29, 0.717) is 26.1 Å². The van der Waals surface area contributed by atoms with Crippen molar-refractivity contribution in [3.8, 4) is 0 Å². The van der Waals surface area contributed by atoms with E-state index in [1.165, 1.54) is 28.6 Å². The summed E-state index contributed by atoms with van der Waals surface area (Å²) in [6.45, 7) is 2.83. The number of benzene rings is 3. The summed E-state index contributed by atoms with van der Waals surface area (Å²) in [5.74, 6) is -0.956. The molecule has 0 aromatic heterocycles. The zero-order valence-corrected chi connectivity index (χ0v) is 20.2. The van der Waals surface area contributed by atoms with Crippen LogP contribution in [0.1, 0.15) is 34.0 Å². The van der Waals surface area contributed by atoms with Crippen LogP contribution in [0.25, 0.3) is 0 Å². The molecule has 1 atom stereocenters. The van der Waals surface area contributed by atoms with Gasteiger partial charge < -0.3 is 9.64 Å². The lowest BCUT2D eigenvalue weighted by molar-refractivity contribution is -0.126. The molecule has 0 saturated carbocycles. The second kappa shape index (κ2) is 9.28. The topological polar surface area (TPSA) is 84.0 Å². The molecular formula is C27H26N2O5S. The average Bonchev–Trinajstić information content (AvgIpc) is 3.32. The fraction of sp³-hybridized carbons (Fsp3) is 0.259. The quantitative estimate of drug-likeness (QED) is 0.511. The smallest absolute Gasteiger partial charge is 0.338 e. The molecule has 2 heterocycles. The standard InChI is InChI=1S/C27H26N2O5S/c1-19(26(30)29-17-15-21-7-4-5-9-25(21)29)34-27(31)22-10-12-24(13-11-22)35(32,33)28-16-14-20-6-2-3-8-23(20)18-28/h2-13,19H,14-18H2,1H3/t19-/m0/s1. The minimum Gasteiger partial charge on any atom is -0.449 e. The number of sulfonamides is 1. The van der Waals surface area contributed by atoms with Crippen LogP contribution in [0.2, 0.25) is 0 Å². The van der Waals surface area contributed by atoms with Crippen molar-refractivity contribution in [2.24, 2.45) is 0 Å². The highest BCUT2D eigenvalue weighted by Crippen LogP contribution is 2.29. The molecule has 0 spiro atoms. The summed E-state index contributed by atoms with van der Waals surface area (Å²) in [7, 11) is -3.70. The first-order chi connectivity index (χ1) is 16.8. The van der Waals surface area contributed by atoms with Gasteiger partial charge in [-0.15, -0.1) is 0 Å². The number of carbonyl (C=O) groups excluding carboxylic acids is 2. The van der Waals surface area contributed by atoms with Gasteiger partial charge in [0.15, 0.2) is 6.10 Å². The molecule has 0 aliphatic carbocycles. The van der Waals surface area contributed by atoms with E-state index < -0.39 is 22.1 Å². The van der Waals surface area contributed by atoms with Gasteiger partial charge in [-0.1, -0.05) is 42.5 Å². The molecule has 0 saturated heterocycles. The highest BCUT2D eigenvalue weighted by atomic mass is 32.2. The Morgan fingerprint density at radius 2 is 1.46 bits per heavy atom. The molecule has 2 aliphatic rings. The fourth-order valence-corrected chi connectivity index (χ4v) is 6.07. The first-order valence-electron chi connectivity index (χ1n) is 11.6. The normalized spacial score (nSPS) is 16.3. The Morgan fingerprint density at radius 1 is 0.829 bits per heavy atom. The number of hydrogen-bond donors (Lipinski definition) is 0. The van der Waals surface area contributed by atoms with Crippen LogP contribution < -0.4 is 4.90 Å². The van der Waals surface area contributed by atoms with Gasteiger partial charge in [0.1, 0.15) is 0 Å². The summed E-state index contributed by atoms with van der Waals surface area (Å²) in [5, 5.41) is 0. The molecule has 0 N–H and O–H groups in total. The number of rotatable bonds is 5. The SMILES string of the molecule is C[C@H](OC(=O)c1ccc(S(=O)(=O)N2CCc3ccccc3C2)cc1)C(=O)N1CCc2ccccc21. The van der Waals surface area contributed by atoms with Gasteiger partial charge in [-0.25, -0.2) is 13.2 Å². The Hall–Kier alpha value is -3.49. The molecule has 3 aromatic carbocycles. The average molecular weight is 491 g/mol. The van der Waals surface area contributed by atoms with Crippen LogP contribution in [0.3, 0.4) is 0 Å². The maximum atomic E-state index is 13.2. The van der Waals surface area contributed by atoms with Gasteiger partial charge in [-0.3, -0.25) is 4.79 Å². The number of amides is 1. The third-order valence-electron chi connectivity index (χ3n) is 6.61. The van der Waals surface area contributed by atoms with E-state index in [2.05, 4.69) is 0 Å². The van der Waals surface area contributed by atoms with Gasteiger partial charge in [-0.2, -0.15) is 4.31 Å². The third-order valence-corrected chi connectivity index (χ3v) is 8.47. The Kier molecular flexibility index (Phi) is 6.17. The van der Waals surface area contributed by atoms with E-state index in [9.17, 15) is 18.0 Å². The lowest BCUT2D eigenvalue weighted by Crippen LogP contribution is -2.39. The van der Waals surface area contributed by atoms with Crippen LogP contribution in [-0.2, 0) is 38.9 Å². The number of esters is 1. The van der Waals surface area contributed by atoms with Crippen LogP contribution in [0, 0.1) is 0 Å². The Labute approximate surface area is 205 Å².